The number of nitrogens with zero attached hydrogens (tertiary/aromatic N) is 2. The highest BCUT2D eigenvalue weighted by molar-refractivity contribution is 7.09. The number of rotatable bonds is 7. The number of nitrogens with one attached hydrogen (secondary N) is 1. The third-order valence-electron chi connectivity index (χ3n) is 4.53. The molecule has 2 aromatic rings. The highest BCUT2D eigenvalue weighted by atomic mass is 32.1. The second-order valence-electron chi connectivity index (χ2n) is 6.42. The van der Waals surface area contributed by atoms with Gasteiger partial charge in [-0.3, -0.25) is 19.3 Å². The summed E-state index contributed by atoms with van der Waals surface area (Å²) >= 11 is 1.50. The SMILES string of the molecule is O=C(CN1C(=O)C(=O)N(CCc2cccs2)C1=O)NCc1ccc2c(c1)OCO2. The van der Waals surface area contributed by atoms with Crippen molar-refractivity contribution in [1.29, 1.82) is 0 Å². The molecule has 5 amide bonds. The van der Waals surface area contributed by atoms with E-state index in [9.17, 15) is 19.2 Å². The Morgan fingerprint density at radius 3 is 2.66 bits per heavy atom. The summed E-state index contributed by atoms with van der Waals surface area (Å²) in [7, 11) is 0. The van der Waals surface area contributed by atoms with E-state index in [-0.39, 0.29) is 19.9 Å². The molecule has 0 bridgehead atoms. The smallest absolute Gasteiger partial charge is 0.334 e. The summed E-state index contributed by atoms with van der Waals surface area (Å²) in [6.07, 6.45) is 0.465. The predicted molar refractivity (Wildman–Crippen MR) is 101 cm³/mol. The van der Waals surface area contributed by atoms with Gasteiger partial charge in [0, 0.05) is 24.4 Å². The number of hydrogen-bond acceptors (Lipinski definition) is 7. The molecule has 2 aliphatic rings. The summed E-state index contributed by atoms with van der Waals surface area (Å²) in [6, 6.07) is 8.24. The van der Waals surface area contributed by atoms with E-state index in [1.165, 1.54) is 11.3 Å². The van der Waals surface area contributed by atoms with Crippen LogP contribution in [0.4, 0.5) is 4.79 Å². The molecule has 0 saturated carbocycles. The van der Waals surface area contributed by atoms with Crippen LogP contribution in [-0.2, 0) is 27.3 Å². The molecule has 1 saturated heterocycles. The summed E-state index contributed by atoms with van der Waals surface area (Å²) in [5, 5.41) is 4.53. The Balaban J connectivity index is 1.32. The van der Waals surface area contributed by atoms with Gasteiger partial charge in [0.1, 0.15) is 6.54 Å². The lowest BCUT2D eigenvalue weighted by molar-refractivity contribution is -0.144. The van der Waals surface area contributed by atoms with Crippen molar-refractivity contribution in [1.82, 2.24) is 15.1 Å². The van der Waals surface area contributed by atoms with E-state index in [2.05, 4.69) is 5.32 Å². The Kier molecular flexibility index (Phi) is 5.17. The number of fused-ring (bicyclic) bond motifs is 1. The van der Waals surface area contributed by atoms with Crippen LogP contribution in [0, 0.1) is 0 Å². The van der Waals surface area contributed by atoms with E-state index < -0.39 is 30.3 Å². The van der Waals surface area contributed by atoms with Crippen molar-refractivity contribution >= 4 is 35.1 Å². The lowest BCUT2D eigenvalue weighted by Gasteiger charge is -2.15. The number of carbonyl (C=O) groups is 4. The molecule has 0 unspecified atom stereocenters. The Bertz CT molecular complexity index is 974. The quantitative estimate of drug-likeness (QED) is 0.537. The molecular weight excluding hydrogens is 398 g/mol. The van der Waals surface area contributed by atoms with E-state index in [1.807, 2.05) is 17.5 Å². The van der Waals surface area contributed by atoms with Gasteiger partial charge < -0.3 is 14.8 Å². The number of hydrogen-bond donors (Lipinski definition) is 1. The number of urea groups is 1. The van der Waals surface area contributed by atoms with Crippen LogP contribution in [0.3, 0.4) is 0 Å². The molecule has 1 fully saturated rings. The molecule has 4 rings (SSSR count). The zero-order chi connectivity index (χ0) is 20.4. The number of thiophene rings is 1. The third-order valence-corrected chi connectivity index (χ3v) is 5.46. The largest absolute Gasteiger partial charge is 0.454 e. The van der Waals surface area contributed by atoms with Crippen molar-refractivity contribution in [3.05, 3.63) is 46.2 Å². The minimum absolute atomic E-state index is 0.0965. The van der Waals surface area contributed by atoms with Crippen molar-refractivity contribution in [3.8, 4) is 11.5 Å². The second kappa shape index (κ2) is 7.92. The van der Waals surface area contributed by atoms with Crippen molar-refractivity contribution in [2.75, 3.05) is 19.9 Å². The fourth-order valence-corrected chi connectivity index (χ4v) is 3.71. The van der Waals surface area contributed by atoms with Crippen molar-refractivity contribution < 1.29 is 28.7 Å². The van der Waals surface area contributed by atoms with Crippen LogP contribution < -0.4 is 14.8 Å². The Hall–Kier alpha value is -3.40. The minimum atomic E-state index is -0.987. The van der Waals surface area contributed by atoms with Crippen LogP contribution in [0.25, 0.3) is 0 Å². The van der Waals surface area contributed by atoms with Crippen molar-refractivity contribution in [2.24, 2.45) is 0 Å². The molecule has 150 valence electrons. The molecule has 2 aliphatic heterocycles. The van der Waals surface area contributed by atoms with Crippen LogP contribution in [0.5, 0.6) is 11.5 Å². The van der Waals surface area contributed by atoms with Crippen molar-refractivity contribution in [3.63, 3.8) is 0 Å². The zero-order valence-corrected chi connectivity index (χ0v) is 16.1. The van der Waals surface area contributed by atoms with Crippen LogP contribution in [0.1, 0.15) is 10.4 Å². The molecule has 1 N–H and O–H groups in total. The number of imide groups is 2. The van der Waals surface area contributed by atoms with Gasteiger partial charge in [0.2, 0.25) is 12.7 Å². The normalized spacial score (nSPS) is 15.4. The Labute approximate surface area is 169 Å². The number of amides is 5. The molecule has 3 heterocycles. The van der Waals surface area contributed by atoms with Gasteiger partial charge in [0.25, 0.3) is 0 Å². The third kappa shape index (κ3) is 3.92. The van der Waals surface area contributed by atoms with Gasteiger partial charge in [-0.2, -0.15) is 0 Å². The molecule has 0 spiro atoms. The van der Waals surface area contributed by atoms with Gasteiger partial charge in [0.15, 0.2) is 11.5 Å². The molecule has 0 atom stereocenters. The Morgan fingerprint density at radius 2 is 1.86 bits per heavy atom. The fraction of sp³-hybridized carbons (Fsp3) is 0.263. The predicted octanol–water partition coefficient (Wildman–Crippen LogP) is 1.13. The maximum atomic E-state index is 12.4. The van der Waals surface area contributed by atoms with Gasteiger partial charge in [-0.15, -0.1) is 11.3 Å². The summed E-state index contributed by atoms with van der Waals surface area (Å²) in [5.41, 5.74) is 0.773. The van der Waals surface area contributed by atoms with E-state index in [4.69, 9.17) is 9.47 Å². The number of carbonyl (C=O) groups excluding carboxylic acids is 4. The van der Waals surface area contributed by atoms with E-state index in [0.29, 0.717) is 22.8 Å². The molecule has 0 aliphatic carbocycles. The van der Waals surface area contributed by atoms with E-state index in [0.717, 1.165) is 15.3 Å². The van der Waals surface area contributed by atoms with Crippen molar-refractivity contribution in [2.45, 2.75) is 13.0 Å². The molecule has 0 radical (unpaired) electrons. The molecule has 9 nitrogen and oxygen atoms in total. The summed E-state index contributed by atoms with van der Waals surface area (Å²) in [6.45, 7) is -0.0776. The highest BCUT2D eigenvalue weighted by Gasteiger charge is 2.44. The van der Waals surface area contributed by atoms with Crippen LogP contribution in [0.2, 0.25) is 0 Å². The average molecular weight is 415 g/mol. The topological polar surface area (TPSA) is 105 Å². The van der Waals surface area contributed by atoms with E-state index in [1.54, 1.807) is 18.2 Å². The van der Waals surface area contributed by atoms with Gasteiger partial charge in [-0.1, -0.05) is 12.1 Å². The van der Waals surface area contributed by atoms with Gasteiger partial charge in [0.05, 0.1) is 0 Å². The maximum absolute atomic E-state index is 12.4. The standard InChI is InChI=1S/C19H17N3O6S/c23-16(20-9-12-3-4-14-15(8-12)28-11-27-14)10-22-18(25)17(24)21(19(22)26)6-5-13-2-1-7-29-13/h1-4,7-8H,5-6,9-11H2,(H,20,23). The number of ether oxygens (including phenoxy) is 2. The second-order valence-corrected chi connectivity index (χ2v) is 7.46. The van der Waals surface area contributed by atoms with E-state index >= 15 is 0 Å². The summed E-state index contributed by atoms with van der Waals surface area (Å²) in [4.78, 5) is 51.4. The first-order valence-electron chi connectivity index (χ1n) is 8.88. The fourth-order valence-electron chi connectivity index (χ4n) is 3.01. The lowest BCUT2D eigenvalue weighted by Crippen LogP contribution is -2.41. The highest BCUT2D eigenvalue weighted by Crippen LogP contribution is 2.32. The first-order valence-corrected chi connectivity index (χ1v) is 9.76. The first-order chi connectivity index (χ1) is 14.0. The maximum Gasteiger partial charge on any atom is 0.334 e. The minimum Gasteiger partial charge on any atom is -0.454 e. The lowest BCUT2D eigenvalue weighted by atomic mass is 10.2. The summed E-state index contributed by atoms with van der Waals surface area (Å²) in [5.74, 6) is -1.21. The first kappa shape index (κ1) is 18.9. The van der Waals surface area contributed by atoms with Crippen LogP contribution in [-0.4, -0.2) is 53.4 Å². The molecule has 10 heteroatoms. The summed E-state index contributed by atoms with van der Waals surface area (Å²) < 4.78 is 10.5. The molecule has 29 heavy (non-hydrogen) atoms. The monoisotopic (exact) mass is 415 g/mol. The van der Waals surface area contributed by atoms with Crippen LogP contribution in [0.15, 0.2) is 35.7 Å². The van der Waals surface area contributed by atoms with Crippen LogP contribution >= 0.6 is 11.3 Å². The molecular formula is C19H17N3O6S. The molecule has 1 aromatic carbocycles. The van der Waals surface area contributed by atoms with Gasteiger partial charge in [-0.25, -0.2) is 9.69 Å². The van der Waals surface area contributed by atoms with Gasteiger partial charge >= 0.3 is 17.8 Å². The Morgan fingerprint density at radius 1 is 1.07 bits per heavy atom. The molecule has 1 aromatic heterocycles. The number of benzene rings is 1. The average Bonchev–Trinajstić information content (AvgIpc) is 3.44. The van der Waals surface area contributed by atoms with Gasteiger partial charge in [-0.05, 0) is 29.1 Å². The zero-order valence-electron chi connectivity index (χ0n) is 15.3.